The summed E-state index contributed by atoms with van der Waals surface area (Å²) in [5.41, 5.74) is 2.64. The van der Waals surface area contributed by atoms with Gasteiger partial charge in [0.25, 0.3) is 0 Å². The van der Waals surface area contributed by atoms with Crippen LogP contribution in [0.4, 0.5) is 0 Å². The fraction of sp³-hybridized carbons (Fsp3) is 0.636. The lowest BCUT2D eigenvalue weighted by Gasteiger charge is -2.36. The second-order valence-corrected chi connectivity index (χ2v) is 14.2. The molecule has 1 aromatic rings. The lowest BCUT2D eigenvalue weighted by atomic mass is 10.2. The van der Waals surface area contributed by atoms with Crippen molar-refractivity contribution in [1.82, 2.24) is 9.80 Å². The predicted molar refractivity (Wildman–Crippen MR) is 153 cm³/mol. The summed E-state index contributed by atoms with van der Waals surface area (Å²) in [6.07, 6.45) is 0.949. The van der Waals surface area contributed by atoms with E-state index in [0.717, 1.165) is 46.3 Å². The average molecular weight is 549 g/mol. The highest BCUT2D eigenvalue weighted by Gasteiger charge is 2.25. The zero-order chi connectivity index (χ0) is 23.1. The number of rotatable bonds is 6. The number of morpholine rings is 2. The van der Waals surface area contributed by atoms with Gasteiger partial charge in [0.1, 0.15) is 8.64 Å². The van der Waals surface area contributed by atoms with Crippen molar-refractivity contribution >= 4 is 76.3 Å². The molecule has 4 nitrogen and oxygen atoms in total. The third-order valence-corrected chi connectivity index (χ3v) is 11.0. The molecule has 2 aliphatic heterocycles. The second kappa shape index (κ2) is 13.4. The monoisotopic (exact) mass is 548 g/mol. The maximum Gasteiger partial charge on any atom is 0.147 e. The fourth-order valence-electron chi connectivity index (χ4n) is 3.79. The number of hydrogen-bond acceptors (Lipinski definition) is 8. The van der Waals surface area contributed by atoms with E-state index in [1.165, 1.54) is 11.1 Å². The molecule has 4 atom stereocenters. The van der Waals surface area contributed by atoms with E-state index in [1.807, 2.05) is 0 Å². The Hall–Kier alpha value is 0.320. The van der Waals surface area contributed by atoms with Gasteiger partial charge in [-0.1, -0.05) is 70.3 Å². The van der Waals surface area contributed by atoms with E-state index in [4.69, 9.17) is 33.9 Å². The van der Waals surface area contributed by atoms with Crippen molar-refractivity contribution in [3.05, 3.63) is 35.4 Å². The van der Waals surface area contributed by atoms with Crippen molar-refractivity contribution in [2.75, 3.05) is 26.2 Å². The van der Waals surface area contributed by atoms with Gasteiger partial charge in [-0.25, -0.2) is 0 Å². The molecule has 1 aromatic carbocycles. The van der Waals surface area contributed by atoms with E-state index >= 15 is 0 Å². The van der Waals surface area contributed by atoms with E-state index in [1.54, 1.807) is 43.2 Å². The van der Waals surface area contributed by atoms with Crippen molar-refractivity contribution in [1.29, 1.82) is 0 Å². The van der Waals surface area contributed by atoms with E-state index in [2.05, 4.69) is 61.8 Å². The van der Waals surface area contributed by atoms with E-state index in [-0.39, 0.29) is 24.4 Å². The standard InChI is InChI=1S/C22H32N2O2S6/c1-15-9-23(10-16(2)25-15)21(27)31-29-13-19-5-7-20(8-6-19)14-30-32-22(28)24-11-17(3)26-18(4)12-24/h5-8,15-18H,9-14H2,1-4H3. The number of nitrogens with zero attached hydrogens (tertiary/aromatic N) is 2. The largest absolute Gasteiger partial charge is 0.372 e. The minimum Gasteiger partial charge on any atom is -0.372 e. The van der Waals surface area contributed by atoms with Crippen LogP contribution in [0.3, 0.4) is 0 Å². The average Bonchev–Trinajstić information content (AvgIpc) is 2.73. The molecule has 0 amide bonds. The summed E-state index contributed by atoms with van der Waals surface area (Å²) in [5, 5.41) is 0. The first kappa shape index (κ1) is 26.9. The van der Waals surface area contributed by atoms with Crippen LogP contribution in [0.25, 0.3) is 0 Å². The second-order valence-electron chi connectivity index (χ2n) is 8.36. The summed E-state index contributed by atoms with van der Waals surface area (Å²) < 4.78 is 13.5. The van der Waals surface area contributed by atoms with Gasteiger partial charge in [-0.05, 0) is 60.4 Å². The Bertz CT molecular complexity index is 682. The first-order valence-electron chi connectivity index (χ1n) is 10.9. The van der Waals surface area contributed by atoms with Crippen LogP contribution in [0.15, 0.2) is 24.3 Å². The molecular weight excluding hydrogens is 517 g/mol. The zero-order valence-electron chi connectivity index (χ0n) is 19.0. The van der Waals surface area contributed by atoms with Crippen molar-refractivity contribution in [3.8, 4) is 0 Å². The number of ether oxygens (including phenoxy) is 2. The number of hydrogen-bond donors (Lipinski definition) is 0. The lowest BCUT2D eigenvalue weighted by Crippen LogP contribution is -2.46. The van der Waals surface area contributed by atoms with E-state index < -0.39 is 0 Å². The van der Waals surface area contributed by atoms with Crippen LogP contribution in [0.2, 0.25) is 0 Å². The third-order valence-electron chi connectivity index (χ3n) is 5.09. The Morgan fingerprint density at radius 3 is 1.34 bits per heavy atom. The van der Waals surface area contributed by atoms with Crippen molar-refractivity contribution < 1.29 is 9.47 Å². The van der Waals surface area contributed by atoms with Gasteiger partial charge in [-0.2, -0.15) is 0 Å². The van der Waals surface area contributed by atoms with Crippen LogP contribution >= 0.6 is 67.6 Å². The molecular formula is C22H32N2O2S6. The molecule has 0 saturated carbocycles. The highest BCUT2D eigenvalue weighted by Crippen LogP contribution is 2.32. The van der Waals surface area contributed by atoms with Crippen molar-refractivity contribution in [3.63, 3.8) is 0 Å². The van der Waals surface area contributed by atoms with Crippen LogP contribution in [0, 0.1) is 0 Å². The molecule has 3 rings (SSSR count). The third kappa shape index (κ3) is 8.83. The maximum absolute atomic E-state index is 5.80. The van der Waals surface area contributed by atoms with Crippen LogP contribution in [-0.2, 0) is 21.0 Å². The Balaban J connectivity index is 1.34. The molecule has 2 heterocycles. The van der Waals surface area contributed by atoms with Gasteiger partial charge in [-0.15, -0.1) is 0 Å². The smallest absolute Gasteiger partial charge is 0.147 e. The maximum atomic E-state index is 5.80. The topological polar surface area (TPSA) is 24.9 Å². The fourth-order valence-corrected chi connectivity index (χ4v) is 8.84. The van der Waals surface area contributed by atoms with Crippen molar-refractivity contribution in [2.45, 2.75) is 63.6 Å². The minimum absolute atomic E-state index is 0.237. The minimum atomic E-state index is 0.237. The van der Waals surface area contributed by atoms with E-state index in [0.29, 0.717) is 0 Å². The van der Waals surface area contributed by atoms with Gasteiger partial charge in [-0.3, -0.25) is 0 Å². The Morgan fingerprint density at radius 2 is 1.03 bits per heavy atom. The summed E-state index contributed by atoms with van der Waals surface area (Å²) in [6.45, 7) is 12.0. The summed E-state index contributed by atoms with van der Waals surface area (Å²) in [7, 11) is 7.01. The van der Waals surface area contributed by atoms with Gasteiger partial charge in [0, 0.05) is 37.7 Å². The van der Waals surface area contributed by atoms with Crippen LogP contribution < -0.4 is 0 Å². The molecule has 0 spiro atoms. The predicted octanol–water partition coefficient (Wildman–Crippen LogP) is 6.24. The molecule has 2 saturated heterocycles. The molecule has 32 heavy (non-hydrogen) atoms. The first-order valence-corrected chi connectivity index (χ1v) is 16.3. The van der Waals surface area contributed by atoms with Crippen molar-refractivity contribution in [2.24, 2.45) is 0 Å². The quantitative estimate of drug-likeness (QED) is 0.300. The van der Waals surface area contributed by atoms with Gasteiger partial charge < -0.3 is 19.3 Å². The number of thiocarbonyl (C=S) groups is 2. The molecule has 0 N–H and O–H groups in total. The van der Waals surface area contributed by atoms with Crippen LogP contribution in [0.1, 0.15) is 38.8 Å². The molecule has 0 aliphatic carbocycles. The Morgan fingerprint density at radius 1 is 0.719 bits per heavy atom. The van der Waals surface area contributed by atoms with Gasteiger partial charge >= 0.3 is 0 Å². The summed E-state index contributed by atoms with van der Waals surface area (Å²) in [5.74, 6) is 1.89. The molecule has 2 aliphatic rings. The van der Waals surface area contributed by atoms with Gasteiger partial charge in [0.15, 0.2) is 0 Å². The summed E-state index contributed by atoms with van der Waals surface area (Å²) in [4.78, 5) is 4.54. The number of benzene rings is 1. The molecule has 0 bridgehead atoms. The normalized spacial score (nSPS) is 26.2. The van der Waals surface area contributed by atoms with Gasteiger partial charge in [0.05, 0.1) is 24.4 Å². The first-order chi connectivity index (χ1) is 15.3. The Kier molecular flexibility index (Phi) is 11.3. The van der Waals surface area contributed by atoms with E-state index in [9.17, 15) is 0 Å². The van der Waals surface area contributed by atoms with Crippen LogP contribution in [0.5, 0.6) is 0 Å². The molecule has 0 aromatic heterocycles. The highest BCUT2D eigenvalue weighted by atomic mass is 33.1. The zero-order valence-corrected chi connectivity index (χ0v) is 23.9. The Labute approximate surface area is 219 Å². The highest BCUT2D eigenvalue weighted by molar-refractivity contribution is 8.83. The van der Waals surface area contributed by atoms with Crippen LogP contribution in [-0.4, -0.2) is 69.0 Å². The molecule has 2 fully saturated rings. The van der Waals surface area contributed by atoms with Gasteiger partial charge in [0.2, 0.25) is 0 Å². The molecule has 0 radical (unpaired) electrons. The molecule has 4 unspecified atom stereocenters. The molecule has 178 valence electrons. The summed E-state index contributed by atoms with van der Waals surface area (Å²) >= 11 is 11.3. The lowest BCUT2D eigenvalue weighted by molar-refractivity contribution is -0.0467. The molecule has 10 heteroatoms. The SMILES string of the molecule is CC1CN(C(=S)SSCc2ccc(CSSC(=S)N3CC(C)OC(C)C3)cc2)CC(C)O1. The summed E-state index contributed by atoms with van der Waals surface area (Å²) in [6, 6.07) is 8.89.